The van der Waals surface area contributed by atoms with Crippen LogP contribution in [0.2, 0.25) is 0 Å². The lowest BCUT2D eigenvalue weighted by atomic mass is 10.3. The normalized spacial score (nSPS) is 10.9. The molecule has 0 aliphatic rings. The fourth-order valence-electron chi connectivity index (χ4n) is 2.34. The maximum absolute atomic E-state index is 12.2. The van der Waals surface area contributed by atoms with E-state index in [0.29, 0.717) is 11.7 Å². The Kier molecular flexibility index (Phi) is 4.29. The highest BCUT2D eigenvalue weighted by atomic mass is 32.1. The zero-order chi connectivity index (χ0) is 16.4. The molecular weight excluding hydrogens is 312 g/mol. The van der Waals surface area contributed by atoms with Gasteiger partial charge in [-0.25, -0.2) is 4.98 Å². The van der Waals surface area contributed by atoms with Crippen LogP contribution in [0.1, 0.15) is 18.3 Å². The van der Waals surface area contributed by atoms with Gasteiger partial charge in [-0.3, -0.25) is 9.48 Å². The average molecular weight is 330 g/mol. The molecule has 2 aromatic heterocycles. The number of thiazole rings is 1. The number of aromatic nitrogens is 3. The minimum atomic E-state index is -0.139. The summed E-state index contributed by atoms with van der Waals surface area (Å²) < 4.78 is 8.15. The molecule has 1 amide bonds. The minimum Gasteiger partial charge on any atom is -0.494 e. The van der Waals surface area contributed by atoms with Crippen LogP contribution in [0.15, 0.2) is 24.3 Å². The molecule has 0 aliphatic heterocycles. The van der Waals surface area contributed by atoms with E-state index in [-0.39, 0.29) is 12.5 Å². The molecule has 23 heavy (non-hydrogen) atoms. The summed E-state index contributed by atoms with van der Waals surface area (Å²) in [4.78, 5) is 16.6. The van der Waals surface area contributed by atoms with Crippen molar-refractivity contribution in [2.45, 2.75) is 27.3 Å². The topological polar surface area (TPSA) is 69.0 Å². The summed E-state index contributed by atoms with van der Waals surface area (Å²) in [6, 6.07) is 7.66. The molecule has 0 saturated heterocycles. The third-order valence-electron chi connectivity index (χ3n) is 3.31. The Morgan fingerprint density at radius 3 is 2.87 bits per heavy atom. The molecule has 0 bridgehead atoms. The number of rotatable bonds is 5. The van der Waals surface area contributed by atoms with Crippen molar-refractivity contribution in [3.05, 3.63) is 35.7 Å². The number of carbonyl (C=O) groups excluding carboxylic acids is 1. The highest BCUT2D eigenvalue weighted by Crippen LogP contribution is 2.29. The summed E-state index contributed by atoms with van der Waals surface area (Å²) >= 11 is 1.43. The van der Waals surface area contributed by atoms with Crippen molar-refractivity contribution in [3.63, 3.8) is 0 Å². The second-order valence-corrected chi connectivity index (χ2v) is 6.25. The van der Waals surface area contributed by atoms with Gasteiger partial charge in [-0.1, -0.05) is 11.3 Å². The molecule has 3 rings (SSSR count). The lowest BCUT2D eigenvalue weighted by Crippen LogP contribution is -2.20. The van der Waals surface area contributed by atoms with E-state index in [2.05, 4.69) is 15.4 Å². The van der Waals surface area contributed by atoms with Crippen LogP contribution in [-0.4, -0.2) is 27.3 Å². The van der Waals surface area contributed by atoms with E-state index in [9.17, 15) is 4.79 Å². The van der Waals surface area contributed by atoms with E-state index in [1.54, 1.807) is 4.68 Å². The van der Waals surface area contributed by atoms with E-state index in [1.807, 2.05) is 45.0 Å². The molecule has 0 unspecified atom stereocenters. The quantitative estimate of drug-likeness (QED) is 0.780. The maximum atomic E-state index is 12.2. The first-order valence-electron chi connectivity index (χ1n) is 7.39. The van der Waals surface area contributed by atoms with Crippen LogP contribution in [0.25, 0.3) is 10.2 Å². The smallest absolute Gasteiger partial charge is 0.247 e. The molecule has 120 valence electrons. The van der Waals surface area contributed by atoms with Crippen LogP contribution >= 0.6 is 11.3 Å². The van der Waals surface area contributed by atoms with Crippen LogP contribution < -0.4 is 10.1 Å². The summed E-state index contributed by atoms with van der Waals surface area (Å²) in [6.07, 6.45) is 0. The van der Waals surface area contributed by atoms with Crippen LogP contribution in [0.5, 0.6) is 5.75 Å². The van der Waals surface area contributed by atoms with E-state index in [4.69, 9.17) is 4.74 Å². The van der Waals surface area contributed by atoms with Crippen molar-refractivity contribution >= 4 is 32.6 Å². The van der Waals surface area contributed by atoms with Crippen LogP contribution in [0, 0.1) is 13.8 Å². The lowest BCUT2D eigenvalue weighted by molar-refractivity contribution is -0.116. The molecule has 2 heterocycles. The predicted octanol–water partition coefficient (Wildman–Crippen LogP) is 3.15. The molecule has 0 aliphatic carbocycles. The lowest BCUT2D eigenvalue weighted by Gasteiger charge is -2.03. The number of nitrogens with one attached hydrogen (secondary N) is 1. The van der Waals surface area contributed by atoms with E-state index >= 15 is 0 Å². The van der Waals surface area contributed by atoms with Crippen molar-refractivity contribution in [1.29, 1.82) is 0 Å². The van der Waals surface area contributed by atoms with Gasteiger partial charge in [0.1, 0.15) is 12.3 Å². The highest BCUT2D eigenvalue weighted by Gasteiger charge is 2.11. The second kappa shape index (κ2) is 6.37. The Hall–Kier alpha value is -2.41. The first-order valence-corrected chi connectivity index (χ1v) is 8.21. The number of amides is 1. The molecule has 0 saturated carbocycles. The standard InChI is InChI=1S/C16H18N4O2S/c1-4-22-12-5-6-13-14(8-12)23-16(17-13)18-15(21)9-20-11(3)7-10(2)19-20/h5-8H,4,9H2,1-3H3,(H,17,18,21). The summed E-state index contributed by atoms with van der Waals surface area (Å²) in [6.45, 7) is 6.59. The summed E-state index contributed by atoms with van der Waals surface area (Å²) in [5.41, 5.74) is 2.71. The Morgan fingerprint density at radius 2 is 2.17 bits per heavy atom. The van der Waals surface area contributed by atoms with Gasteiger partial charge in [0.15, 0.2) is 5.13 Å². The number of hydrogen-bond acceptors (Lipinski definition) is 5. The number of aryl methyl sites for hydroxylation is 2. The van der Waals surface area contributed by atoms with Crippen molar-refractivity contribution in [1.82, 2.24) is 14.8 Å². The zero-order valence-electron chi connectivity index (χ0n) is 13.3. The Morgan fingerprint density at radius 1 is 1.35 bits per heavy atom. The second-order valence-electron chi connectivity index (χ2n) is 5.21. The largest absolute Gasteiger partial charge is 0.494 e. The predicted molar refractivity (Wildman–Crippen MR) is 91.1 cm³/mol. The molecule has 6 nitrogen and oxygen atoms in total. The molecule has 7 heteroatoms. The number of hydrogen-bond donors (Lipinski definition) is 1. The van der Waals surface area contributed by atoms with E-state index in [0.717, 1.165) is 27.4 Å². The van der Waals surface area contributed by atoms with Gasteiger partial charge in [-0.2, -0.15) is 5.10 Å². The van der Waals surface area contributed by atoms with Gasteiger partial charge in [-0.05, 0) is 45.0 Å². The average Bonchev–Trinajstić information content (AvgIpc) is 3.01. The van der Waals surface area contributed by atoms with Gasteiger partial charge in [0, 0.05) is 5.69 Å². The molecule has 1 N–H and O–H groups in total. The zero-order valence-corrected chi connectivity index (χ0v) is 14.1. The van der Waals surface area contributed by atoms with Gasteiger partial charge in [-0.15, -0.1) is 0 Å². The van der Waals surface area contributed by atoms with Gasteiger partial charge in [0.25, 0.3) is 0 Å². The fourth-order valence-corrected chi connectivity index (χ4v) is 3.26. The van der Waals surface area contributed by atoms with Crippen molar-refractivity contribution < 1.29 is 9.53 Å². The molecule has 1 aromatic carbocycles. The van der Waals surface area contributed by atoms with Crippen molar-refractivity contribution in [3.8, 4) is 5.75 Å². The summed E-state index contributed by atoms with van der Waals surface area (Å²) in [5, 5.41) is 7.71. The minimum absolute atomic E-state index is 0.139. The fraction of sp³-hybridized carbons (Fsp3) is 0.312. The van der Waals surface area contributed by atoms with Crippen LogP contribution in [-0.2, 0) is 11.3 Å². The first kappa shape index (κ1) is 15.5. The van der Waals surface area contributed by atoms with Gasteiger partial charge in [0.2, 0.25) is 5.91 Å². The molecule has 3 aromatic rings. The van der Waals surface area contributed by atoms with Gasteiger partial charge >= 0.3 is 0 Å². The van der Waals surface area contributed by atoms with E-state index < -0.39 is 0 Å². The highest BCUT2D eigenvalue weighted by molar-refractivity contribution is 7.22. The first-order chi connectivity index (χ1) is 11.0. The molecule has 0 fully saturated rings. The number of anilines is 1. The molecule has 0 atom stereocenters. The van der Waals surface area contributed by atoms with Crippen LogP contribution in [0.4, 0.5) is 5.13 Å². The maximum Gasteiger partial charge on any atom is 0.247 e. The van der Waals surface area contributed by atoms with Crippen LogP contribution in [0.3, 0.4) is 0 Å². The monoisotopic (exact) mass is 330 g/mol. The number of fused-ring (bicyclic) bond motifs is 1. The Balaban J connectivity index is 1.73. The number of nitrogens with zero attached hydrogens (tertiary/aromatic N) is 3. The molecule has 0 spiro atoms. The molecule has 0 radical (unpaired) electrons. The number of ether oxygens (including phenoxy) is 1. The molecular formula is C16H18N4O2S. The van der Waals surface area contributed by atoms with Crippen molar-refractivity contribution in [2.24, 2.45) is 0 Å². The Labute approximate surface area is 138 Å². The summed E-state index contributed by atoms with van der Waals surface area (Å²) in [7, 11) is 0. The Bertz CT molecular complexity index is 853. The SMILES string of the molecule is CCOc1ccc2nc(NC(=O)Cn3nc(C)cc3C)sc2c1. The number of carbonyl (C=O) groups is 1. The van der Waals surface area contributed by atoms with Gasteiger partial charge < -0.3 is 10.1 Å². The van der Waals surface area contributed by atoms with E-state index in [1.165, 1.54) is 11.3 Å². The van der Waals surface area contributed by atoms with Crippen molar-refractivity contribution in [2.75, 3.05) is 11.9 Å². The third-order valence-corrected chi connectivity index (χ3v) is 4.25. The number of benzene rings is 1. The third kappa shape index (κ3) is 3.50. The van der Waals surface area contributed by atoms with Gasteiger partial charge in [0.05, 0.1) is 22.5 Å². The summed E-state index contributed by atoms with van der Waals surface area (Å²) in [5.74, 6) is 0.671.